The highest BCUT2D eigenvalue weighted by Crippen LogP contribution is 2.12. The Morgan fingerprint density at radius 3 is 2.19 bits per heavy atom. The molecule has 1 amide bonds. The van der Waals surface area contributed by atoms with Crippen molar-refractivity contribution in [3.8, 4) is 0 Å². The van der Waals surface area contributed by atoms with E-state index in [9.17, 15) is 13.2 Å². The fourth-order valence-electron chi connectivity index (χ4n) is 3.02. The number of carbonyl (C=O) groups is 1. The molecule has 0 spiro atoms. The van der Waals surface area contributed by atoms with Gasteiger partial charge in [0.15, 0.2) is 0 Å². The summed E-state index contributed by atoms with van der Waals surface area (Å²) in [6.45, 7) is 6.87. The second-order valence-corrected chi connectivity index (χ2v) is 7.98. The van der Waals surface area contributed by atoms with Crippen LogP contribution >= 0.6 is 0 Å². The first-order valence-electron chi connectivity index (χ1n) is 8.01. The van der Waals surface area contributed by atoms with E-state index in [2.05, 4.69) is 4.90 Å². The highest BCUT2D eigenvalue weighted by atomic mass is 32.2. The first kappa shape index (κ1) is 16.7. The maximum atomic E-state index is 12.2. The van der Waals surface area contributed by atoms with Crippen LogP contribution in [0.3, 0.4) is 0 Å². The van der Waals surface area contributed by atoms with Crippen LogP contribution < -0.4 is 0 Å². The van der Waals surface area contributed by atoms with Gasteiger partial charge >= 0.3 is 0 Å². The Bertz CT molecular complexity index is 438. The van der Waals surface area contributed by atoms with Crippen molar-refractivity contribution in [1.29, 1.82) is 0 Å². The van der Waals surface area contributed by atoms with E-state index >= 15 is 0 Å². The maximum Gasteiger partial charge on any atom is 0.223 e. The van der Waals surface area contributed by atoms with Gasteiger partial charge < -0.3 is 9.80 Å². The normalized spacial score (nSPS) is 21.9. The van der Waals surface area contributed by atoms with Crippen LogP contribution in [0.15, 0.2) is 0 Å². The highest BCUT2D eigenvalue weighted by Gasteiger charge is 2.28. The summed E-state index contributed by atoms with van der Waals surface area (Å²) in [5.74, 6) is 0.366. The van der Waals surface area contributed by atoms with Gasteiger partial charge in [-0.1, -0.05) is 6.92 Å². The average Bonchev–Trinajstić information content (AvgIpc) is 2.98. The predicted octanol–water partition coefficient (Wildman–Crippen LogP) is 0.356. The predicted molar refractivity (Wildman–Crippen MR) is 82.5 cm³/mol. The molecule has 0 aromatic rings. The summed E-state index contributed by atoms with van der Waals surface area (Å²) in [4.78, 5) is 16.3. The molecule has 0 atom stereocenters. The number of hydrogen-bond donors (Lipinski definition) is 0. The van der Waals surface area contributed by atoms with Gasteiger partial charge in [0.2, 0.25) is 15.9 Å². The van der Waals surface area contributed by atoms with Gasteiger partial charge in [-0.15, -0.1) is 0 Å². The molecule has 0 saturated carbocycles. The van der Waals surface area contributed by atoms with E-state index < -0.39 is 10.0 Å². The lowest BCUT2D eigenvalue weighted by Crippen LogP contribution is -2.51. The van der Waals surface area contributed by atoms with E-state index in [0.29, 0.717) is 39.0 Å². The molecule has 0 aromatic carbocycles. The second kappa shape index (κ2) is 7.56. The lowest BCUT2D eigenvalue weighted by atomic mass is 10.3. The fraction of sp³-hybridized carbons (Fsp3) is 0.929. The van der Waals surface area contributed by atoms with E-state index in [1.165, 1.54) is 17.1 Å². The SMILES string of the molecule is CCCS(=O)(=O)N1CCN(C(=O)CCN2CCCC2)CC1. The molecule has 2 fully saturated rings. The van der Waals surface area contributed by atoms with Crippen LogP contribution in [-0.2, 0) is 14.8 Å². The molecule has 0 aliphatic carbocycles. The number of nitrogens with zero attached hydrogens (tertiary/aromatic N) is 3. The van der Waals surface area contributed by atoms with Crippen LogP contribution in [0.1, 0.15) is 32.6 Å². The number of sulfonamides is 1. The third-order valence-corrected chi connectivity index (χ3v) is 6.36. The van der Waals surface area contributed by atoms with Gasteiger partial charge in [-0.3, -0.25) is 4.79 Å². The van der Waals surface area contributed by atoms with Gasteiger partial charge in [-0.25, -0.2) is 8.42 Å². The van der Waals surface area contributed by atoms with Crippen molar-refractivity contribution in [2.45, 2.75) is 32.6 Å². The van der Waals surface area contributed by atoms with Crippen molar-refractivity contribution >= 4 is 15.9 Å². The molecule has 7 heteroatoms. The molecule has 2 aliphatic rings. The van der Waals surface area contributed by atoms with Crippen LogP contribution in [0.2, 0.25) is 0 Å². The molecule has 0 unspecified atom stereocenters. The molecular formula is C14H27N3O3S. The molecule has 0 radical (unpaired) electrons. The summed E-state index contributed by atoms with van der Waals surface area (Å²) in [6.07, 6.45) is 3.67. The quantitative estimate of drug-likeness (QED) is 0.709. The largest absolute Gasteiger partial charge is 0.340 e. The van der Waals surface area contributed by atoms with Gasteiger partial charge in [0.1, 0.15) is 0 Å². The summed E-state index contributed by atoms with van der Waals surface area (Å²) in [7, 11) is -3.12. The Labute approximate surface area is 128 Å². The Hall–Kier alpha value is -0.660. The van der Waals surface area contributed by atoms with Crippen LogP contribution in [0.25, 0.3) is 0 Å². The minimum absolute atomic E-state index is 0.162. The van der Waals surface area contributed by atoms with E-state index in [0.717, 1.165) is 19.6 Å². The monoisotopic (exact) mass is 317 g/mol. The van der Waals surface area contributed by atoms with E-state index in [1.807, 2.05) is 11.8 Å². The van der Waals surface area contributed by atoms with Gasteiger partial charge in [0.25, 0.3) is 0 Å². The number of piperazine rings is 1. The summed E-state index contributed by atoms with van der Waals surface area (Å²) in [5, 5.41) is 0. The van der Waals surface area contributed by atoms with Crippen molar-refractivity contribution < 1.29 is 13.2 Å². The first-order chi connectivity index (χ1) is 10.0. The summed E-state index contributed by atoms with van der Waals surface area (Å²) in [6, 6.07) is 0. The van der Waals surface area contributed by atoms with Crippen LogP contribution in [0.5, 0.6) is 0 Å². The van der Waals surface area contributed by atoms with Crippen molar-refractivity contribution in [3.05, 3.63) is 0 Å². The minimum Gasteiger partial charge on any atom is -0.340 e. The lowest BCUT2D eigenvalue weighted by molar-refractivity contribution is -0.132. The summed E-state index contributed by atoms with van der Waals surface area (Å²) >= 11 is 0. The Balaban J connectivity index is 1.73. The average molecular weight is 317 g/mol. The number of hydrogen-bond acceptors (Lipinski definition) is 4. The summed E-state index contributed by atoms with van der Waals surface area (Å²) in [5.41, 5.74) is 0. The van der Waals surface area contributed by atoms with Crippen molar-refractivity contribution in [2.24, 2.45) is 0 Å². The topological polar surface area (TPSA) is 60.9 Å². The van der Waals surface area contributed by atoms with Gasteiger partial charge in [0, 0.05) is 39.1 Å². The molecule has 0 N–H and O–H groups in total. The molecule has 2 heterocycles. The molecule has 2 rings (SSSR count). The van der Waals surface area contributed by atoms with E-state index in [4.69, 9.17) is 0 Å². The smallest absolute Gasteiger partial charge is 0.223 e. The van der Waals surface area contributed by atoms with Crippen molar-refractivity contribution in [3.63, 3.8) is 0 Å². The zero-order chi connectivity index (χ0) is 15.3. The van der Waals surface area contributed by atoms with E-state index in [1.54, 1.807) is 0 Å². The molecule has 6 nitrogen and oxygen atoms in total. The third-order valence-electron chi connectivity index (χ3n) is 4.29. The Morgan fingerprint density at radius 2 is 1.62 bits per heavy atom. The minimum atomic E-state index is -3.12. The number of carbonyl (C=O) groups excluding carboxylic acids is 1. The number of likely N-dealkylation sites (tertiary alicyclic amines) is 1. The second-order valence-electron chi connectivity index (χ2n) is 5.89. The molecule has 21 heavy (non-hydrogen) atoms. The molecule has 2 aliphatic heterocycles. The molecule has 122 valence electrons. The van der Waals surface area contributed by atoms with E-state index in [-0.39, 0.29) is 11.7 Å². The standard InChI is InChI=1S/C14H27N3O3S/c1-2-13-21(19,20)17-11-9-16(10-12-17)14(18)5-8-15-6-3-4-7-15/h2-13H2,1H3. The first-order valence-corrected chi connectivity index (χ1v) is 9.62. The summed E-state index contributed by atoms with van der Waals surface area (Å²) < 4.78 is 25.5. The molecule has 0 bridgehead atoms. The van der Waals surface area contributed by atoms with Gasteiger partial charge in [-0.2, -0.15) is 4.31 Å². The van der Waals surface area contributed by atoms with Crippen molar-refractivity contribution in [2.75, 3.05) is 51.6 Å². The number of rotatable bonds is 6. The third kappa shape index (κ3) is 4.66. The van der Waals surface area contributed by atoms with Crippen LogP contribution in [0, 0.1) is 0 Å². The highest BCUT2D eigenvalue weighted by molar-refractivity contribution is 7.89. The fourth-order valence-corrected chi connectivity index (χ4v) is 4.51. The Kier molecular flexibility index (Phi) is 6.01. The van der Waals surface area contributed by atoms with Crippen molar-refractivity contribution in [1.82, 2.24) is 14.1 Å². The number of amides is 1. The molecule has 0 aromatic heterocycles. The van der Waals surface area contributed by atoms with Gasteiger partial charge in [0.05, 0.1) is 5.75 Å². The zero-order valence-electron chi connectivity index (χ0n) is 13.0. The Morgan fingerprint density at radius 1 is 1.00 bits per heavy atom. The van der Waals surface area contributed by atoms with Crippen LogP contribution in [-0.4, -0.2) is 80.0 Å². The molecule has 2 saturated heterocycles. The lowest BCUT2D eigenvalue weighted by Gasteiger charge is -2.34. The van der Waals surface area contributed by atoms with Gasteiger partial charge in [-0.05, 0) is 32.4 Å². The van der Waals surface area contributed by atoms with Crippen LogP contribution in [0.4, 0.5) is 0 Å². The zero-order valence-corrected chi connectivity index (χ0v) is 13.8. The maximum absolute atomic E-state index is 12.2. The molecular weight excluding hydrogens is 290 g/mol.